The van der Waals surface area contributed by atoms with Crippen LogP contribution in [0.25, 0.3) is 0 Å². The van der Waals surface area contributed by atoms with Gasteiger partial charge >= 0.3 is 7.12 Å². The maximum absolute atomic E-state index is 13.6. The summed E-state index contributed by atoms with van der Waals surface area (Å²) in [5.41, 5.74) is 0.861. The fraction of sp³-hybridized carbons (Fsp3) is 0.667. The van der Waals surface area contributed by atoms with Gasteiger partial charge in [-0.1, -0.05) is 6.92 Å². The highest BCUT2D eigenvalue weighted by molar-refractivity contribution is 6.61. The molecule has 108 valence electrons. The SMILES string of the molecule is CC1(c2cc(F)cnc2B2OC(C)(C)C(C)(C)O2)CC1. The Morgan fingerprint density at radius 2 is 1.65 bits per heavy atom. The monoisotopic (exact) mass is 277 g/mol. The second-order valence-electron chi connectivity index (χ2n) is 7.24. The van der Waals surface area contributed by atoms with Crippen LogP contribution in [0.1, 0.15) is 53.0 Å². The predicted molar refractivity (Wildman–Crippen MR) is 76.5 cm³/mol. The molecule has 2 fully saturated rings. The summed E-state index contributed by atoms with van der Waals surface area (Å²) in [6.45, 7) is 10.2. The van der Waals surface area contributed by atoms with Crippen molar-refractivity contribution in [3.8, 4) is 0 Å². The van der Waals surface area contributed by atoms with E-state index in [1.165, 1.54) is 6.20 Å². The van der Waals surface area contributed by atoms with Crippen LogP contribution in [0.15, 0.2) is 12.3 Å². The van der Waals surface area contributed by atoms with E-state index in [4.69, 9.17) is 9.31 Å². The quantitative estimate of drug-likeness (QED) is 0.778. The first-order valence-corrected chi connectivity index (χ1v) is 7.16. The van der Waals surface area contributed by atoms with Crippen LogP contribution in [0.3, 0.4) is 0 Å². The number of aromatic nitrogens is 1. The van der Waals surface area contributed by atoms with Crippen molar-refractivity contribution in [2.75, 3.05) is 0 Å². The molecule has 0 N–H and O–H groups in total. The lowest BCUT2D eigenvalue weighted by molar-refractivity contribution is 0.00578. The second-order valence-corrected chi connectivity index (χ2v) is 7.24. The van der Waals surface area contributed by atoms with Crippen LogP contribution in [0.2, 0.25) is 0 Å². The molecule has 0 amide bonds. The molecule has 0 bridgehead atoms. The number of hydrogen-bond donors (Lipinski definition) is 0. The number of pyridine rings is 1. The van der Waals surface area contributed by atoms with Crippen LogP contribution < -0.4 is 5.59 Å². The molecule has 20 heavy (non-hydrogen) atoms. The van der Waals surface area contributed by atoms with Gasteiger partial charge in [0.2, 0.25) is 0 Å². The van der Waals surface area contributed by atoms with Gasteiger partial charge in [0.25, 0.3) is 0 Å². The predicted octanol–water partition coefficient (Wildman–Crippen LogP) is 2.57. The third-order valence-corrected chi connectivity index (χ3v) is 5.01. The summed E-state index contributed by atoms with van der Waals surface area (Å²) in [5, 5.41) is 0. The number of halogens is 1. The van der Waals surface area contributed by atoms with Gasteiger partial charge in [-0.15, -0.1) is 0 Å². The van der Waals surface area contributed by atoms with Crippen molar-refractivity contribution in [2.45, 2.75) is 64.1 Å². The van der Waals surface area contributed by atoms with E-state index in [0.717, 1.165) is 24.0 Å². The van der Waals surface area contributed by atoms with Gasteiger partial charge in [0.05, 0.1) is 23.0 Å². The van der Waals surface area contributed by atoms with Crippen molar-refractivity contribution in [1.82, 2.24) is 4.98 Å². The Labute approximate surface area is 120 Å². The minimum atomic E-state index is -0.520. The molecule has 0 unspecified atom stereocenters. The van der Waals surface area contributed by atoms with E-state index in [0.29, 0.717) is 0 Å². The van der Waals surface area contributed by atoms with Crippen LogP contribution in [0.4, 0.5) is 4.39 Å². The van der Waals surface area contributed by atoms with Gasteiger partial charge in [0.1, 0.15) is 5.82 Å². The molecule has 2 aliphatic rings. The van der Waals surface area contributed by atoms with Crippen LogP contribution in [0, 0.1) is 5.82 Å². The molecule has 0 spiro atoms. The molecule has 1 saturated heterocycles. The van der Waals surface area contributed by atoms with Crippen LogP contribution in [-0.2, 0) is 14.7 Å². The van der Waals surface area contributed by atoms with Gasteiger partial charge in [-0.25, -0.2) is 4.39 Å². The van der Waals surface area contributed by atoms with Gasteiger partial charge in [0.15, 0.2) is 0 Å². The minimum Gasteiger partial charge on any atom is -0.398 e. The molecule has 1 saturated carbocycles. The van der Waals surface area contributed by atoms with Crippen LogP contribution >= 0.6 is 0 Å². The van der Waals surface area contributed by atoms with Crippen molar-refractivity contribution in [3.05, 3.63) is 23.6 Å². The lowest BCUT2D eigenvalue weighted by atomic mass is 9.77. The molecule has 1 aromatic heterocycles. The first-order chi connectivity index (χ1) is 9.15. The molecule has 3 nitrogen and oxygen atoms in total. The zero-order valence-electron chi connectivity index (χ0n) is 12.8. The fourth-order valence-electron chi connectivity index (χ4n) is 2.53. The molecule has 0 aromatic carbocycles. The van der Waals surface area contributed by atoms with Gasteiger partial charge < -0.3 is 9.31 Å². The summed E-state index contributed by atoms with van der Waals surface area (Å²) in [6, 6.07) is 1.58. The van der Waals surface area contributed by atoms with E-state index < -0.39 is 18.3 Å². The Kier molecular flexibility index (Phi) is 2.84. The Hall–Kier alpha value is -0.935. The Morgan fingerprint density at radius 3 is 2.15 bits per heavy atom. The third-order valence-electron chi connectivity index (χ3n) is 5.01. The molecule has 1 aromatic rings. The highest BCUT2D eigenvalue weighted by Gasteiger charge is 2.54. The van der Waals surface area contributed by atoms with E-state index in [2.05, 4.69) is 11.9 Å². The first kappa shape index (κ1) is 14.0. The smallest absolute Gasteiger partial charge is 0.398 e. The summed E-state index contributed by atoms with van der Waals surface area (Å²) in [5.74, 6) is -0.298. The number of nitrogens with zero attached hydrogens (tertiary/aromatic N) is 1. The normalized spacial score (nSPS) is 25.8. The Balaban J connectivity index is 2.00. The molecule has 5 heteroatoms. The second kappa shape index (κ2) is 4.04. The molecule has 1 aliphatic carbocycles. The molecule has 2 heterocycles. The number of rotatable bonds is 2. The lowest BCUT2D eigenvalue weighted by Crippen LogP contribution is -2.41. The summed E-state index contributed by atoms with van der Waals surface area (Å²) in [7, 11) is -0.520. The van der Waals surface area contributed by atoms with Gasteiger partial charge in [-0.3, -0.25) is 4.98 Å². The van der Waals surface area contributed by atoms with Crippen LogP contribution in [0.5, 0.6) is 0 Å². The van der Waals surface area contributed by atoms with Gasteiger partial charge in [-0.2, -0.15) is 0 Å². The average Bonchev–Trinajstić information content (AvgIpc) is 3.02. The van der Waals surface area contributed by atoms with Crippen molar-refractivity contribution < 1.29 is 13.7 Å². The first-order valence-electron chi connectivity index (χ1n) is 7.16. The van der Waals surface area contributed by atoms with E-state index in [9.17, 15) is 4.39 Å². The highest BCUT2D eigenvalue weighted by atomic mass is 19.1. The fourth-order valence-corrected chi connectivity index (χ4v) is 2.53. The standard InChI is InChI=1S/C15H21BFNO2/c1-13(2)14(3,4)20-16(19-13)12-11(15(5)6-7-15)8-10(17)9-18-12/h8-9H,6-7H2,1-5H3. The maximum atomic E-state index is 13.6. The topological polar surface area (TPSA) is 31.4 Å². The van der Waals surface area contributed by atoms with E-state index in [1.54, 1.807) is 6.07 Å². The third kappa shape index (κ3) is 2.08. The summed E-state index contributed by atoms with van der Waals surface area (Å²) < 4.78 is 25.6. The molecular weight excluding hydrogens is 256 g/mol. The molecular formula is C15H21BFNO2. The zero-order chi connectivity index (χ0) is 14.8. The van der Waals surface area contributed by atoms with Crippen molar-refractivity contribution in [2.24, 2.45) is 0 Å². The van der Waals surface area contributed by atoms with E-state index >= 15 is 0 Å². The molecule has 1 aliphatic heterocycles. The van der Waals surface area contributed by atoms with Gasteiger partial charge in [-0.05, 0) is 57.6 Å². The summed E-state index contributed by atoms with van der Waals surface area (Å²) in [6.07, 6.45) is 3.37. The average molecular weight is 277 g/mol. The minimum absolute atomic E-state index is 0.0219. The van der Waals surface area contributed by atoms with E-state index in [-0.39, 0.29) is 11.2 Å². The molecule has 0 atom stereocenters. The Morgan fingerprint density at radius 1 is 1.10 bits per heavy atom. The van der Waals surface area contributed by atoms with Gasteiger partial charge in [0, 0.05) is 0 Å². The molecule has 3 rings (SSSR count). The molecule has 0 radical (unpaired) electrons. The zero-order valence-corrected chi connectivity index (χ0v) is 12.8. The summed E-state index contributed by atoms with van der Waals surface area (Å²) >= 11 is 0. The van der Waals surface area contributed by atoms with Crippen molar-refractivity contribution in [1.29, 1.82) is 0 Å². The van der Waals surface area contributed by atoms with Crippen molar-refractivity contribution in [3.63, 3.8) is 0 Å². The Bertz CT molecular complexity index is 539. The van der Waals surface area contributed by atoms with Crippen molar-refractivity contribution >= 4 is 12.7 Å². The van der Waals surface area contributed by atoms with E-state index in [1.807, 2.05) is 27.7 Å². The number of hydrogen-bond acceptors (Lipinski definition) is 3. The van der Waals surface area contributed by atoms with Crippen LogP contribution in [-0.4, -0.2) is 23.3 Å². The maximum Gasteiger partial charge on any atom is 0.514 e. The highest BCUT2D eigenvalue weighted by Crippen LogP contribution is 2.47. The largest absolute Gasteiger partial charge is 0.514 e. The summed E-state index contributed by atoms with van der Waals surface area (Å²) in [4.78, 5) is 4.27. The lowest BCUT2D eigenvalue weighted by Gasteiger charge is -2.32.